The van der Waals surface area contributed by atoms with Crippen LogP contribution in [0.5, 0.6) is 0 Å². The largest absolute Gasteiger partial charge is 0.382 e. The zero-order chi connectivity index (χ0) is 28.7. The number of aryl methyl sites for hydroxylation is 1. The van der Waals surface area contributed by atoms with Gasteiger partial charge in [0.2, 0.25) is 0 Å². The van der Waals surface area contributed by atoms with Gasteiger partial charge >= 0.3 is 0 Å². The van der Waals surface area contributed by atoms with Crippen LogP contribution < -0.4 is 5.32 Å². The first kappa shape index (κ1) is 26.6. The molecule has 0 bridgehead atoms. The smallest absolute Gasteiger partial charge is 0.147 e. The monoisotopic (exact) mass is 568 g/mol. The Hall–Kier alpha value is -4.57. The Balaban J connectivity index is 1.40. The number of hydrogen-bond donors (Lipinski definition) is 3. The van der Waals surface area contributed by atoms with Crippen LogP contribution in [0, 0.1) is 5.82 Å². The molecule has 0 unspecified atom stereocenters. The Labute approximate surface area is 237 Å². The number of pyridine rings is 2. The van der Waals surface area contributed by atoms with Gasteiger partial charge in [-0.2, -0.15) is 5.10 Å². The predicted molar refractivity (Wildman–Crippen MR) is 162 cm³/mol. The molecule has 41 heavy (non-hydrogen) atoms. The maximum atomic E-state index is 14.6. The number of fused-ring (bicyclic) bond motifs is 2. The third kappa shape index (κ3) is 5.69. The zero-order valence-corrected chi connectivity index (χ0v) is 23.7. The quantitative estimate of drug-likeness (QED) is 0.196. The molecule has 6 aromatic rings. The number of nitrogens with one attached hydrogen (secondary N) is 3. The molecule has 4 aromatic heterocycles. The Morgan fingerprint density at radius 1 is 0.878 bits per heavy atom. The average molecular weight is 569 g/mol. The van der Waals surface area contributed by atoms with Crippen LogP contribution in [0.25, 0.3) is 55.4 Å². The summed E-state index contributed by atoms with van der Waals surface area (Å²) >= 11 is 0. The van der Waals surface area contributed by atoms with Crippen molar-refractivity contribution >= 4 is 37.3 Å². The highest BCUT2D eigenvalue weighted by Gasteiger charge is 2.16. The van der Waals surface area contributed by atoms with Gasteiger partial charge in [-0.3, -0.25) is 15.1 Å². The summed E-state index contributed by atoms with van der Waals surface area (Å²) in [5, 5.41) is 12.9. The number of benzene rings is 2. The van der Waals surface area contributed by atoms with Crippen molar-refractivity contribution in [2.45, 2.75) is 26.3 Å². The van der Waals surface area contributed by atoms with Crippen molar-refractivity contribution < 1.29 is 12.8 Å². The van der Waals surface area contributed by atoms with Gasteiger partial charge in [0.15, 0.2) is 0 Å². The van der Waals surface area contributed by atoms with E-state index < -0.39 is 15.7 Å². The summed E-state index contributed by atoms with van der Waals surface area (Å²) < 4.78 is 37.9. The Morgan fingerprint density at radius 2 is 1.71 bits per heavy atom. The number of aromatic nitrogens is 5. The van der Waals surface area contributed by atoms with Gasteiger partial charge in [-0.15, -0.1) is 0 Å². The summed E-state index contributed by atoms with van der Waals surface area (Å²) in [6.45, 7) is 4.17. The molecule has 6 rings (SSSR count). The molecule has 0 spiro atoms. The minimum Gasteiger partial charge on any atom is -0.382 e. The van der Waals surface area contributed by atoms with Gasteiger partial charge in [-0.25, -0.2) is 12.8 Å². The van der Waals surface area contributed by atoms with E-state index >= 15 is 0 Å². The summed E-state index contributed by atoms with van der Waals surface area (Å²) in [5.74, 6) is -0.470. The molecule has 0 saturated carbocycles. The lowest BCUT2D eigenvalue weighted by atomic mass is 10.00. The highest BCUT2D eigenvalue weighted by Crippen LogP contribution is 2.35. The zero-order valence-electron chi connectivity index (χ0n) is 22.9. The molecule has 0 aliphatic heterocycles. The van der Waals surface area contributed by atoms with E-state index in [0.29, 0.717) is 17.2 Å². The standard InChI is InChI=1S/C31H29FN6O2S/c1-18(2)35-24-11-22(14-33-15-24)20-4-5-28-26(12-20)31(38-37-28)29-13-25-27(16-34-17-30(25)36-29)21-8-19(9-23(32)10-21)6-7-41(3,39)40/h4-5,8-18,35-36H,6-7H2,1-3H3,(H,37,38). The topological polar surface area (TPSA) is 116 Å². The fourth-order valence-corrected chi connectivity index (χ4v) is 5.68. The van der Waals surface area contributed by atoms with E-state index in [-0.39, 0.29) is 12.2 Å². The summed E-state index contributed by atoms with van der Waals surface area (Å²) in [5.41, 5.74) is 8.17. The Kier molecular flexibility index (Phi) is 6.78. The van der Waals surface area contributed by atoms with Crippen LogP contribution in [0.1, 0.15) is 19.4 Å². The van der Waals surface area contributed by atoms with E-state index in [0.717, 1.165) is 55.6 Å². The molecule has 0 aliphatic carbocycles. The second-order valence-electron chi connectivity index (χ2n) is 10.7. The second-order valence-corrected chi connectivity index (χ2v) is 12.9. The van der Waals surface area contributed by atoms with Gasteiger partial charge in [0, 0.05) is 52.8 Å². The molecule has 0 fully saturated rings. The highest BCUT2D eigenvalue weighted by atomic mass is 32.2. The van der Waals surface area contributed by atoms with Crippen molar-refractivity contribution in [3.8, 4) is 33.6 Å². The fraction of sp³-hybridized carbons (Fsp3) is 0.194. The van der Waals surface area contributed by atoms with Crippen molar-refractivity contribution in [3.63, 3.8) is 0 Å². The van der Waals surface area contributed by atoms with Crippen LogP contribution in [0.15, 0.2) is 73.3 Å². The molecule has 208 valence electrons. The van der Waals surface area contributed by atoms with Gasteiger partial charge in [0.1, 0.15) is 21.3 Å². The van der Waals surface area contributed by atoms with Crippen molar-refractivity contribution in [1.29, 1.82) is 0 Å². The number of H-pyrrole nitrogens is 2. The van der Waals surface area contributed by atoms with Gasteiger partial charge in [0.25, 0.3) is 0 Å². The molecular weight excluding hydrogens is 539 g/mol. The van der Waals surface area contributed by atoms with Crippen LogP contribution >= 0.6 is 0 Å². The predicted octanol–water partition coefficient (Wildman–Crippen LogP) is 6.38. The maximum absolute atomic E-state index is 14.6. The van der Waals surface area contributed by atoms with Gasteiger partial charge in [-0.05, 0) is 73.4 Å². The first-order valence-corrected chi connectivity index (χ1v) is 15.3. The molecule has 0 radical (unpaired) electrons. The van der Waals surface area contributed by atoms with Crippen LogP contribution in [-0.4, -0.2) is 51.6 Å². The van der Waals surface area contributed by atoms with Crippen LogP contribution in [0.3, 0.4) is 0 Å². The van der Waals surface area contributed by atoms with Crippen LogP contribution in [0.4, 0.5) is 10.1 Å². The van der Waals surface area contributed by atoms with E-state index in [4.69, 9.17) is 0 Å². The summed E-state index contributed by atoms with van der Waals surface area (Å²) in [6.07, 6.45) is 8.50. The molecule has 4 heterocycles. The van der Waals surface area contributed by atoms with E-state index in [9.17, 15) is 12.8 Å². The van der Waals surface area contributed by atoms with E-state index in [2.05, 4.69) is 56.4 Å². The first-order chi connectivity index (χ1) is 19.6. The number of halogens is 1. The molecule has 0 amide bonds. The van der Waals surface area contributed by atoms with E-state index in [1.54, 1.807) is 12.4 Å². The third-order valence-corrected chi connectivity index (χ3v) is 7.87. The molecule has 2 aromatic carbocycles. The number of hydrogen-bond acceptors (Lipinski definition) is 6. The number of anilines is 1. The highest BCUT2D eigenvalue weighted by molar-refractivity contribution is 7.90. The number of nitrogens with zero attached hydrogens (tertiary/aromatic N) is 3. The average Bonchev–Trinajstić information content (AvgIpc) is 3.54. The number of sulfone groups is 1. The molecule has 0 atom stereocenters. The normalized spacial score (nSPS) is 12.0. The second kappa shape index (κ2) is 10.4. The summed E-state index contributed by atoms with van der Waals surface area (Å²) in [4.78, 5) is 12.2. The first-order valence-electron chi connectivity index (χ1n) is 13.3. The number of rotatable bonds is 8. The lowest BCUT2D eigenvalue weighted by Crippen LogP contribution is -2.09. The van der Waals surface area contributed by atoms with Crippen molar-refractivity contribution in [1.82, 2.24) is 25.1 Å². The summed E-state index contributed by atoms with van der Waals surface area (Å²) in [6, 6.07) is 15.1. The SMILES string of the molecule is CC(C)Nc1cncc(-c2ccc3[nH]nc(-c4cc5c(-c6cc(F)cc(CCS(C)(=O)=O)c6)cncc5[nH]4)c3c2)c1. The van der Waals surface area contributed by atoms with Gasteiger partial charge < -0.3 is 10.3 Å². The molecular formula is C31H29FN6O2S. The number of aromatic amines is 2. The van der Waals surface area contributed by atoms with Crippen molar-refractivity contribution in [2.75, 3.05) is 17.3 Å². The van der Waals surface area contributed by atoms with E-state index in [1.807, 2.05) is 36.7 Å². The van der Waals surface area contributed by atoms with E-state index in [1.165, 1.54) is 18.4 Å². The lowest BCUT2D eigenvalue weighted by Gasteiger charge is -2.11. The van der Waals surface area contributed by atoms with Crippen molar-refractivity contribution in [2.24, 2.45) is 0 Å². The maximum Gasteiger partial charge on any atom is 0.147 e. The van der Waals surface area contributed by atoms with Crippen LogP contribution in [0.2, 0.25) is 0 Å². The molecule has 0 saturated heterocycles. The molecule has 8 nitrogen and oxygen atoms in total. The minimum atomic E-state index is -3.17. The van der Waals surface area contributed by atoms with Gasteiger partial charge in [0.05, 0.1) is 34.4 Å². The van der Waals surface area contributed by atoms with Crippen molar-refractivity contribution in [3.05, 3.63) is 84.7 Å². The Bertz CT molecular complexity index is 2010. The lowest BCUT2D eigenvalue weighted by molar-refractivity contribution is 0.600. The molecule has 3 N–H and O–H groups in total. The summed E-state index contributed by atoms with van der Waals surface area (Å²) in [7, 11) is -3.17. The van der Waals surface area contributed by atoms with Gasteiger partial charge in [-0.1, -0.05) is 12.1 Å². The fourth-order valence-electron chi connectivity index (χ4n) is 5.07. The minimum absolute atomic E-state index is 0.0462. The van der Waals surface area contributed by atoms with Crippen LogP contribution in [-0.2, 0) is 16.3 Å². The third-order valence-electron chi connectivity index (χ3n) is 6.92. The molecule has 10 heteroatoms. The Morgan fingerprint density at radius 3 is 2.51 bits per heavy atom. The molecule has 0 aliphatic rings.